The molecule has 16 heavy (non-hydrogen) atoms. The molecule has 1 fully saturated rings. The molecule has 6 nitrogen and oxygen atoms in total. The van der Waals surface area contributed by atoms with Crippen molar-refractivity contribution < 1.29 is 13.8 Å². The van der Waals surface area contributed by atoms with Gasteiger partial charge in [0.05, 0.1) is 0 Å². The van der Waals surface area contributed by atoms with Crippen molar-refractivity contribution in [3.8, 4) is 0 Å². The van der Waals surface area contributed by atoms with E-state index in [0.717, 1.165) is 13.1 Å². The third-order valence-corrected chi connectivity index (χ3v) is 4.30. The van der Waals surface area contributed by atoms with E-state index < -0.39 is 28.0 Å². The smallest absolute Gasteiger partial charge is 0.321 e. The summed E-state index contributed by atoms with van der Waals surface area (Å²) in [6, 6.07) is -0.570. The van der Waals surface area contributed by atoms with Crippen molar-refractivity contribution in [3.63, 3.8) is 0 Å². The molecule has 7 heteroatoms. The Morgan fingerprint density at radius 2 is 2.12 bits per heavy atom. The molecule has 1 heterocycles. The van der Waals surface area contributed by atoms with Crippen molar-refractivity contribution in [2.24, 2.45) is 5.92 Å². The summed E-state index contributed by atoms with van der Waals surface area (Å²) >= 11 is 0. The first-order valence-corrected chi connectivity index (χ1v) is 6.53. The summed E-state index contributed by atoms with van der Waals surface area (Å²) in [5.74, 6) is 0.399. The lowest BCUT2D eigenvalue weighted by Gasteiger charge is -2.27. The molecule has 0 radical (unpaired) electrons. The van der Waals surface area contributed by atoms with E-state index in [-0.39, 0.29) is 0 Å². The number of carbonyl (C=O) groups is 2. The molecule has 1 aliphatic heterocycles. The van der Waals surface area contributed by atoms with Crippen molar-refractivity contribution in [2.45, 2.75) is 12.2 Å². The maximum atomic E-state index is 11.7. The molecule has 0 aromatic carbocycles. The Morgan fingerprint density at radius 1 is 1.50 bits per heavy atom. The molecular formula is C9H17N3O3S. The zero-order valence-corrected chi connectivity index (χ0v) is 10.2. The van der Waals surface area contributed by atoms with Crippen LogP contribution in [0.15, 0.2) is 0 Å². The molecular weight excluding hydrogens is 230 g/mol. The Labute approximate surface area is 97.0 Å². The number of urea groups is 1. The fourth-order valence-corrected chi connectivity index (χ4v) is 2.53. The summed E-state index contributed by atoms with van der Waals surface area (Å²) in [6.45, 7) is 3.28. The third-order valence-electron chi connectivity index (χ3n) is 2.49. The van der Waals surface area contributed by atoms with Gasteiger partial charge in [0.25, 0.3) is 0 Å². The first-order valence-electron chi connectivity index (χ1n) is 5.15. The molecule has 0 aliphatic carbocycles. The van der Waals surface area contributed by atoms with Crippen LogP contribution in [-0.4, -0.2) is 47.3 Å². The van der Waals surface area contributed by atoms with E-state index in [1.54, 1.807) is 6.92 Å². The second kappa shape index (κ2) is 5.95. The van der Waals surface area contributed by atoms with Crippen molar-refractivity contribution >= 4 is 22.7 Å². The van der Waals surface area contributed by atoms with Crippen molar-refractivity contribution in [1.82, 2.24) is 16.0 Å². The van der Waals surface area contributed by atoms with Gasteiger partial charge in [0.1, 0.15) is 5.25 Å². The topological polar surface area (TPSA) is 87.3 Å². The van der Waals surface area contributed by atoms with Gasteiger partial charge in [-0.3, -0.25) is 14.3 Å². The monoisotopic (exact) mass is 247 g/mol. The molecule has 1 rings (SSSR count). The lowest BCUT2D eigenvalue weighted by atomic mass is 10.1. The van der Waals surface area contributed by atoms with Crippen LogP contribution in [0.5, 0.6) is 0 Å². The van der Waals surface area contributed by atoms with Crippen LogP contribution in [0.4, 0.5) is 4.79 Å². The van der Waals surface area contributed by atoms with Gasteiger partial charge in [-0.15, -0.1) is 0 Å². The molecule has 3 N–H and O–H groups in total. The van der Waals surface area contributed by atoms with E-state index in [9.17, 15) is 13.8 Å². The van der Waals surface area contributed by atoms with E-state index >= 15 is 0 Å². The molecule has 0 spiro atoms. The highest BCUT2D eigenvalue weighted by atomic mass is 32.2. The number of hydrogen-bond donors (Lipinski definition) is 3. The molecule has 0 saturated carbocycles. The summed E-state index contributed by atoms with van der Waals surface area (Å²) < 4.78 is 11.7. The molecule has 1 saturated heterocycles. The molecule has 0 aromatic rings. The highest BCUT2D eigenvalue weighted by Crippen LogP contribution is 2.08. The van der Waals surface area contributed by atoms with E-state index in [1.165, 1.54) is 7.05 Å². The van der Waals surface area contributed by atoms with Gasteiger partial charge >= 0.3 is 6.03 Å². The molecule has 92 valence electrons. The van der Waals surface area contributed by atoms with Crippen molar-refractivity contribution in [3.05, 3.63) is 0 Å². The van der Waals surface area contributed by atoms with Gasteiger partial charge in [0.2, 0.25) is 5.91 Å². The Hall–Kier alpha value is -0.950. The second-order valence-corrected chi connectivity index (χ2v) is 5.58. The fraction of sp³-hybridized carbons (Fsp3) is 0.778. The SMILES string of the molecule is CNC(=O)NC(=O)C(C)S(=O)CC1CNC1. The summed E-state index contributed by atoms with van der Waals surface area (Å²) in [5, 5.41) is 6.82. The van der Waals surface area contributed by atoms with E-state index in [0.29, 0.717) is 11.7 Å². The van der Waals surface area contributed by atoms with Crippen LogP contribution >= 0.6 is 0 Å². The van der Waals surface area contributed by atoms with Gasteiger partial charge in [-0.2, -0.15) is 0 Å². The lowest BCUT2D eigenvalue weighted by molar-refractivity contribution is -0.119. The number of imide groups is 1. The number of amides is 3. The van der Waals surface area contributed by atoms with Gasteiger partial charge in [-0.1, -0.05) is 0 Å². The molecule has 2 unspecified atom stereocenters. The van der Waals surface area contributed by atoms with Crippen molar-refractivity contribution in [2.75, 3.05) is 25.9 Å². The van der Waals surface area contributed by atoms with Crippen LogP contribution in [0.3, 0.4) is 0 Å². The normalized spacial score (nSPS) is 19.4. The largest absolute Gasteiger partial charge is 0.341 e. The number of hydrogen-bond acceptors (Lipinski definition) is 4. The quantitative estimate of drug-likeness (QED) is 0.582. The van der Waals surface area contributed by atoms with Gasteiger partial charge in [0, 0.05) is 36.7 Å². The van der Waals surface area contributed by atoms with Gasteiger partial charge in [-0.05, 0) is 12.8 Å². The summed E-state index contributed by atoms with van der Waals surface area (Å²) in [5.41, 5.74) is 0. The Morgan fingerprint density at radius 3 is 2.56 bits per heavy atom. The Bertz CT molecular complexity index is 304. The van der Waals surface area contributed by atoms with Crippen molar-refractivity contribution in [1.29, 1.82) is 0 Å². The molecule has 0 bridgehead atoms. The maximum Gasteiger partial charge on any atom is 0.321 e. The van der Waals surface area contributed by atoms with Crippen LogP contribution in [-0.2, 0) is 15.6 Å². The molecule has 1 aliphatic rings. The second-order valence-electron chi connectivity index (χ2n) is 3.78. The molecule has 0 aromatic heterocycles. The van der Waals surface area contributed by atoms with Crippen LogP contribution in [0.25, 0.3) is 0 Å². The van der Waals surface area contributed by atoms with Crippen LogP contribution in [0.1, 0.15) is 6.92 Å². The standard InChI is InChI=1S/C9H17N3O3S/c1-6(8(13)12-9(14)10-2)16(15)5-7-3-11-4-7/h6-7,11H,3-5H2,1-2H3,(H2,10,12,13,14). The average molecular weight is 247 g/mol. The summed E-state index contributed by atoms with van der Waals surface area (Å²) in [6.07, 6.45) is 0. The third kappa shape index (κ3) is 3.57. The summed E-state index contributed by atoms with van der Waals surface area (Å²) in [4.78, 5) is 22.3. The van der Waals surface area contributed by atoms with Crippen LogP contribution in [0.2, 0.25) is 0 Å². The predicted molar refractivity (Wildman–Crippen MR) is 61.4 cm³/mol. The van der Waals surface area contributed by atoms with E-state index in [1.807, 2.05) is 0 Å². The highest BCUT2D eigenvalue weighted by Gasteiger charge is 2.26. The van der Waals surface area contributed by atoms with E-state index in [2.05, 4.69) is 16.0 Å². The minimum Gasteiger partial charge on any atom is -0.341 e. The average Bonchev–Trinajstić information content (AvgIpc) is 2.21. The van der Waals surface area contributed by atoms with Gasteiger partial charge in [0.15, 0.2) is 0 Å². The zero-order valence-electron chi connectivity index (χ0n) is 9.41. The lowest BCUT2D eigenvalue weighted by Crippen LogP contribution is -2.48. The fourth-order valence-electron chi connectivity index (χ4n) is 1.24. The van der Waals surface area contributed by atoms with Gasteiger partial charge < -0.3 is 10.6 Å². The highest BCUT2D eigenvalue weighted by molar-refractivity contribution is 7.86. The minimum atomic E-state index is -1.22. The molecule has 3 amide bonds. The first kappa shape index (κ1) is 13.1. The molecule has 2 atom stereocenters. The first-order chi connectivity index (χ1) is 7.54. The van der Waals surface area contributed by atoms with Crippen LogP contribution in [0, 0.1) is 5.92 Å². The maximum absolute atomic E-state index is 11.7. The zero-order chi connectivity index (χ0) is 12.1. The number of nitrogens with one attached hydrogen (secondary N) is 3. The Kier molecular flexibility index (Phi) is 4.88. The number of carbonyl (C=O) groups excluding carboxylic acids is 2. The Balaban J connectivity index is 2.36. The number of rotatable bonds is 4. The van der Waals surface area contributed by atoms with E-state index in [4.69, 9.17) is 0 Å². The van der Waals surface area contributed by atoms with Crippen LogP contribution < -0.4 is 16.0 Å². The summed E-state index contributed by atoms with van der Waals surface area (Å²) in [7, 11) is 0.197. The predicted octanol–water partition coefficient (Wildman–Crippen LogP) is -1.20. The van der Waals surface area contributed by atoms with Gasteiger partial charge in [-0.25, -0.2) is 4.79 Å². The minimum absolute atomic E-state index is 0.385.